The first kappa shape index (κ1) is 24.8. The fourth-order valence-corrected chi connectivity index (χ4v) is 1.79. The predicted molar refractivity (Wildman–Crippen MR) is 106 cm³/mol. The average molecular weight is 428 g/mol. The third-order valence-electron chi connectivity index (χ3n) is 3.34. The Kier molecular flexibility index (Phi) is 9.68. The molecule has 3 rings (SSSR count). The maximum Gasteiger partial charge on any atom is 0.490 e. The molecule has 9 nitrogen and oxygen atoms in total. The minimum absolute atomic E-state index is 0.510. The highest BCUT2D eigenvalue weighted by atomic mass is 19.4. The van der Waals surface area contributed by atoms with Crippen molar-refractivity contribution in [2.24, 2.45) is 11.5 Å². The molecular weight excluding hydrogens is 405 g/mol. The van der Waals surface area contributed by atoms with Gasteiger partial charge in [-0.3, -0.25) is 0 Å². The Hall–Kier alpha value is -3.22. The molecule has 0 aliphatic rings. The van der Waals surface area contributed by atoms with Crippen molar-refractivity contribution in [1.82, 2.24) is 15.0 Å². The van der Waals surface area contributed by atoms with Crippen LogP contribution in [0.3, 0.4) is 0 Å². The number of nitrogens with zero attached hydrogens (tertiary/aromatic N) is 2. The number of alkyl halides is 3. The van der Waals surface area contributed by atoms with Crippen molar-refractivity contribution in [3.63, 3.8) is 0 Å². The molecule has 1 aromatic carbocycles. The number of fused-ring (bicyclic) bond motifs is 1. The summed E-state index contributed by atoms with van der Waals surface area (Å²) in [6.45, 7) is 2.88. The van der Waals surface area contributed by atoms with Crippen LogP contribution in [0, 0.1) is 0 Å². The van der Waals surface area contributed by atoms with E-state index in [4.69, 9.17) is 21.4 Å². The number of benzene rings is 1. The van der Waals surface area contributed by atoms with Gasteiger partial charge in [0.05, 0.1) is 0 Å². The molecule has 0 radical (unpaired) electrons. The van der Waals surface area contributed by atoms with E-state index in [9.17, 15) is 18.3 Å². The Morgan fingerprint density at radius 2 is 1.83 bits per heavy atom. The van der Waals surface area contributed by atoms with E-state index < -0.39 is 18.4 Å². The number of anilines is 2. The lowest BCUT2D eigenvalue weighted by Gasteiger charge is -2.07. The summed E-state index contributed by atoms with van der Waals surface area (Å²) < 4.78 is 31.7. The van der Waals surface area contributed by atoms with Gasteiger partial charge in [0, 0.05) is 23.5 Å². The van der Waals surface area contributed by atoms with E-state index in [1.807, 2.05) is 24.4 Å². The Bertz CT molecular complexity index is 911. The van der Waals surface area contributed by atoms with Gasteiger partial charge in [0.15, 0.2) is 0 Å². The molecule has 12 heteroatoms. The molecule has 2 heterocycles. The number of nitrogens with two attached hydrogens (primary N) is 2. The van der Waals surface area contributed by atoms with Gasteiger partial charge in [0.25, 0.3) is 0 Å². The zero-order valence-electron chi connectivity index (χ0n) is 16.0. The molecular formula is C18H23F3N6O3. The van der Waals surface area contributed by atoms with Gasteiger partial charge >= 0.3 is 12.1 Å². The van der Waals surface area contributed by atoms with Crippen LogP contribution in [0.15, 0.2) is 42.7 Å². The molecule has 0 amide bonds. The summed E-state index contributed by atoms with van der Waals surface area (Å²) in [6.07, 6.45) is -1.37. The van der Waals surface area contributed by atoms with Crippen LogP contribution in [0.2, 0.25) is 0 Å². The number of H-pyrrole nitrogens is 1. The lowest BCUT2D eigenvalue weighted by molar-refractivity contribution is -0.192. The summed E-state index contributed by atoms with van der Waals surface area (Å²) in [5.74, 6) is -2.25. The lowest BCUT2D eigenvalue weighted by atomic mass is 10.2. The SMILES string of the molecule is CCCN.NC(O)c1ccc(Nc2ncc3cc[nH]c3n2)cc1.O=C(O)C(F)(F)F. The highest BCUT2D eigenvalue weighted by Crippen LogP contribution is 2.17. The Labute approximate surface area is 169 Å². The number of aliphatic hydroxyl groups excluding tert-OH is 1. The standard InChI is InChI=1S/C13H13N5O.C3H9N.C2HF3O2/c14-11(19)8-1-3-10(4-2-8)17-13-16-7-9-5-6-15-12(9)18-13;1-2-3-4;3-2(4,5)1(6)7/h1-7,11,19H,14H2,(H2,15,16,17,18);2-4H2,1H3;(H,6,7). The van der Waals surface area contributed by atoms with Crippen molar-refractivity contribution in [2.75, 3.05) is 11.9 Å². The number of aliphatic hydroxyl groups is 1. The normalized spacial score (nSPS) is 11.6. The van der Waals surface area contributed by atoms with Crippen LogP contribution >= 0.6 is 0 Å². The first-order chi connectivity index (χ1) is 14.1. The second-order valence-electron chi connectivity index (χ2n) is 5.76. The topological polar surface area (TPSA) is 163 Å². The maximum absolute atomic E-state index is 10.6. The smallest absolute Gasteiger partial charge is 0.475 e. The van der Waals surface area contributed by atoms with Gasteiger partial charge in [0.1, 0.15) is 11.9 Å². The van der Waals surface area contributed by atoms with Crippen LogP contribution in [0.4, 0.5) is 24.8 Å². The minimum Gasteiger partial charge on any atom is -0.475 e. The lowest BCUT2D eigenvalue weighted by Crippen LogP contribution is -2.21. The highest BCUT2D eigenvalue weighted by Gasteiger charge is 2.38. The fraction of sp³-hybridized carbons (Fsp3) is 0.278. The van der Waals surface area contributed by atoms with Gasteiger partial charge in [-0.2, -0.15) is 18.2 Å². The van der Waals surface area contributed by atoms with E-state index in [0.717, 1.165) is 29.7 Å². The Balaban J connectivity index is 0.000000343. The van der Waals surface area contributed by atoms with E-state index in [0.29, 0.717) is 11.5 Å². The quantitative estimate of drug-likeness (QED) is 0.345. The van der Waals surface area contributed by atoms with Crippen LogP contribution in [0.25, 0.3) is 11.0 Å². The highest BCUT2D eigenvalue weighted by molar-refractivity contribution is 5.75. The number of aromatic amines is 1. The third kappa shape index (κ3) is 8.43. The van der Waals surface area contributed by atoms with Crippen molar-refractivity contribution in [2.45, 2.75) is 25.7 Å². The van der Waals surface area contributed by atoms with E-state index >= 15 is 0 Å². The van der Waals surface area contributed by atoms with Crippen LogP contribution in [-0.4, -0.2) is 43.9 Å². The summed E-state index contributed by atoms with van der Waals surface area (Å²) in [5.41, 5.74) is 12.7. The van der Waals surface area contributed by atoms with E-state index in [1.54, 1.807) is 18.3 Å². The number of hydrogen-bond acceptors (Lipinski definition) is 7. The van der Waals surface area contributed by atoms with E-state index in [-0.39, 0.29) is 0 Å². The maximum atomic E-state index is 10.6. The van der Waals surface area contributed by atoms with Crippen molar-refractivity contribution in [3.05, 3.63) is 48.3 Å². The molecule has 1 unspecified atom stereocenters. The Morgan fingerprint density at radius 3 is 2.30 bits per heavy atom. The number of carboxylic acids is 1. The number of nitrogens with one attached hydrogen (secondary N) is 2. The molecule has 164 valence electrons. The van der Waals surface area contributed by atoms with Crippen LogP contribution in [0.5, 0.6) is 0 Å². The van der Waals surface area contributed by atoms with Crippen molar-refractivity contribution >= 4 is 28.6 Å². The average Bonchev–Trinajstić information content (AvgIpc) is 3.16. The number of rotatable bonds is 4. The summed E-state index contributed by atoms with van der Waals surface area (Å²) in [7, 11) is 0. The molecule has 0 fully saturated rings. The van der Waals surface area contributed by atoms with Crippen LogP contribution in [-0.2, 0) is 4.79 Å². The summed E-state index contributed by atoms with van der Waals surface area (Å²) in [4.78, 5) is 20.5. The molecule has 2 aromatic heterocycles. The molecule has 0 aliphatic carbocycles. The molecule has 8 N–H and O–H groups in total. The van der Waals surface area contributed by atoms with Crippen molar-refractivity contribution in [3.8, 4) is 0 Å². The van der Waals surface area contributed by atoms with Gasteiger partial charge in [-0.05, 0) is 36.7 Å². The second kappa shape index (κ2) is 11.7. The van der Waals surface area contributed by atoms with Gasteiger partial charge < -0.3 is 32.0 Å². The number of aliphatic carboxylic acids is 1. The molecule has 0 bridgehead atoms. The van der Waals surface area contributed by atoms with Crippen molar-refractivity contribution in [1.29, 1.82) is 0 Å². The number of carbonyl (C=O) groups is 1. The molecule has 0 saturated carbocycles. The molecule has 0 saturated heterocycles. The third-order valence-corrected chi connectivity index (χ3v) is 3.34. The van der Waals surface area contributed by atoms with Gasteiger partial charge in [-0.25, -0.2) is 9.78 Å². The van der Waals surface area contributed by atoms with Gasteiger partial charge in [0.2, 0.25) is 5.95 Å². The summed E-state index contributed by atoms with van der Waals surface area (Å²) in [5, 5.41) is 20.4. The Morgan fingerprint density at radius 1 is 1.27 bits per heavy atom. The minimum atomic E-state index is -5.08. The summed E-state index contributed by atoms with van der Waals surface area (Å²) in [6, 6.07) is 9.04. The number of carboxylic acid groups (broad SMARTS) is 1. The second-order valence-corrected chi connectivity index (χ2v) is 5.76. The van der Waals surface area contributed by atoms with Gasteiger partial charge in [-0.1, -0.05) is 19.1 Å². The first-order valence-corrected chi connectivity index (χ1v) is 8.69. The number of halogens is 3. The molecule has 0 aliphatic heterocycles. The molecule has 1 atom stereocenters. The van der Waals surface area contributed by atoms with E-state index in [1.165, 1.54) is 0 Å². The zero-order chi connectivity index (χ0) is 22.7. The molecule has 0 spiro atoms. The van der Waals surface area contributed by atoms with E-state index in [2.05, 4.69) is 27.2 Å². The summed E-state index contributed by atoms with van der Waals surface area (Å²) >= 11 is 0. The predicted octanol–water partition coefficient (Wildman–Crippen LogP) is 2.64. The zero-order valence-corrected chi connectivity index (χ0v) is 16.0. The fourth-order valence-electron chi connectivity index (χ4n) is 1.79. The largest absolute Gasteiger partial charge is 0.490 e. The van der Waals surface area contributed by atoms with Crippen LogP contribution < -0.4 is 16.8 Å². The number of hydrogen-bond donors (Lipinski definition) is 6. The van der Waals surface area contributed by atoms with Crippen molar-refractivity contribution < 1.29 is 28.2 Å². The van der Waals surface area contributed by atoms with Crippen LogP contribution in [0.1, 0.15) is 25.1 Å². The molecule has 30 heavy (non-hydrogen) atoms. The first-order valence-electron chi connectivity index (χ1n) is 8.69. The molecule has 3 aromatic rings. The monoisotopic (exact) mass is 428 g/mol. The van der Waals surface area contributed by atoms with Gasteiger partial charge in [-0.15, -0.1) is 0 Å². The number of aromatic nitrogens is 3.